The summed E-state index contributed by atoms with van der Waals surface area (Å²) < 4.78 is 0. The number of hydrogen-bond acceptors (Lipinski definition) is 2. The molecule has 0 saturated heterocycles. The standard InChI is InChI=1S/C17H20O2/c1-13(18)15-8-10-16(11-9-15)17(19)12-7-14-5-3-2-4-6-14/h7-12,14H,2-6H2,1H3/b12-7+. The zero-order valence-corrected chi connectivity index (χ0v) is 11.4. The van der Waals surface area contributed by atoms with Gasteiger partial charge in [0.25, 0.3) is 0 Å². The second kappa shape index (κ2) is 6.46. The lowest BCUT2D eigenvalue weighted by molar-refractivity contribution is 0.101. The molecule has 1 aromatic carbocycles. The van der Waals surface area contributed by atoms with Crippen molar-refractivity contribution in [2.75, 3.05) is 0 Å². The van der Waals surface area contributed by atoms with E-state index in [2.05, 4.69) is 6.08 Å². The molecule has 1 aromatic rings. The highest BCUT2D eigenvalue weighted by molar-refractivity contribution is 6.05. The average Bonchev–Trinajstić information content (AvgIpc) is 2.46. The maximum Gasteiger partial charge on any atom is 0.185 e. The lowest BCUT2D eigenvalue weighted by Gasteiger charge is -2.17. The number of hydrogen-bond donors (Lipinski definition) is 0. The van der Waals surface area contributed by atoms with Gasteiger partial charge in [-0.3, -0.25) is 9.59 Å². The second-order valence-corrected chi connectivity index (χ2v) is 5.25. The van der Waals surface area contributed by atoms with Crippen LogP contribution in [0.15, 0.2) is 36.4 Å². The third-order valence-electron chi connectivity index (χ3n) is 3.75. The Morgan fingerprint density at radius 2 is 1.58 bits per heavy atom. The van der Waals surface area contributed by atoms with Gasteiger partial charge in [0.15, 0.2) is 11.6 Å². The van der Waals surface area contributed by atoms with Crippen LogP contribution in [0.3, 0.4) is 0 Å². The number of ketones is 2. The molecule has 0 bridgehead atoms. The fourth-order valence-electron chi connectivity index (χ4n) is 2.52. The third-order valence-corrected chi connectivity index (χ3v) is 3.75. The molecule has 2 rings (SSSR count). The van der Waals surface area contributed by atoms with Gasteiger partial charge in [-0.1, -0.05) is 49.6 Å². The Hall–Kier alpha value is -1.70. The van der Waals surface area contributed by atoms with Gasteiger partial charge < -0.3 is 0 Å². The Labute approximate surface area is 114 Å². The van der Waals surface area contributed by atoms with Crippen molar-refractivity contribution < 1.29 is 9.59 Å². The van der Waals surface area contributed by atoms with E-state index in [0.29, 0.717) is 17.0 Å². The van der Waals surface area contributed by atoms with E-state index in [9.17, 15) is 9.59 Å². The maximum atomic E-state index is 12.0. The van der Waals surface area contributed by atoms with E-state index in [1.54, 1.807) is 30.3 Å². The van der Waals surface area contributed by atoms with E-state index in [1.165, 1.54) is 39.0 Å². The molecule has 19 heavy (non-hydrogen) atoms. The lowest BCUT2D eigenvalue weighted by Crippen LogP contribution is -2.04. The summed E-state index contributed by atoms with van der Waals surface area (Å²) in [7, 11) is 0. The van der Waals surface area contributed by atoms with Gasteiger partial charge in [0.1, 0.15) is 0 Å². The van der Waals surface area contributed by atoms with Gasteiger partial charge >= 0.3 is 0 Å². The topological polar surface area (TPSA) is 34.1 Å². The van der Waals surface area contributed by atoms with Gasteiger partial charge in [0.2, 0.25) is 0 Å². The molecule has 0 amide bonds. The summed E-state index contributed by atoms with van der Waals surface area (Å²) in [5, 5.41) is 0. The van der Waals surface area contributed by atoms with E-state index in [-0.39, 0.29) is 11.6 Å². The van der Waals surface area contributed by atoms with E-state index < -0.39 is 0 Å². The molecule has 0 aromatic heterocycles. The molecule has 0 radical (unpaired) electrons. The van der Waals surface area contributed by atoms with Gasteiger partial charge in [-0.2, -0.15) is 0 Å². The van der Waals surface area contributed by atoms with Crippen LogP contribution in [0.2, 0.25) is 0 Å². The second-order valence-electron chi connectivity index (χ2n) is 5.25. The van der Waals surface area contributed by atoms with Crippen molar-refractivity contribution in [1.29, 1.82) is 0 Å². The average molecular weight is 256 g/mol. The maximum absolute atomic E-state index is 12.0. The minimum absolute atomic E-state index is 0.0248. The van der Waals surface area contributed by atoms with Crippen molar-refractivity contribution >= 4 is 11.6 Å². The van der Waals surface area contributed by atoms with Crippen molar-refractivity contribution in [2.45, 2.75) is 39.0 Å². The molecule has 1 fully saturated rings. The van der Waals surface area contributed by atoms with Crippen LogP contribution in [0.25, 0.3) is 0 Å². The van der Waals surface area contributed by atoms with Crippen LogP contribution in [0.4, 0.5) is 0 Å². The molecule has 100 valence electrons. The molecular formula is C17H20O2. The minimum Gasteiger partial charge on any atom is -0.295 e. The van der Waals surface area contributed by atoms with Crippen LogP contribution in [0, 0.1) is 5.92 Å². The first kappa shape index (κ1) is 13.7. The lowest BCUT2D eigenvalue weighted by atomic mass is 9.89. The molecule has 0 spiro atoms. The zero-order chi connectivity index (χ0) is 13.7. The summed E-state index contributed by atoms with van der Waals surface area (Å²) in [5.41, 5.74) is 1.30. The fourth-order valence-corrected chi connectivity index (χ4v) is 2.52. The number of benzene rings is 1. The number of carbonyl (C=O) groups excluding carboxylic acids is 2. The van der Waals surface area contributed by atoms with Gasteiger partial charge in [-0.15, -0.1) is 0 Å². The third kappa shape index (κ3) is 3.88. The van der Waals surface area contributed by atoms with Crippen LogP contribution in [0.1, 0.15) is 59.7 Å². The Balaban J connectivity index is 1.98. The van der Waals surface area contributed by atoms with Crippen LogP contribution < -0.4 is 0 Å². The highest BCUT2D eigenvalue weighted by Crippen LogP contribution is 2.24. The Bertz CT molecular complexity index is 476. The largest absolute Gasteiger partial charge is 0.295 e. The van der Waals surface area contributed by atoms with Crippen LogP contribution in [0.5, 0.6) is 0 Å². The zero-order valence-electron chi connectivity index (χ0n) is 11.4. The van der Waals surface area contributed by atoms with Crippen molar-refractivity contribution in [3.05, 3.63) is 47.5 Å². The molecular weight excluding hydrogens is 236 g/mol. The number of allylic oxidation sites excluding steroid dienone is 2. The Kier molecular flexibility index (Phi) is 4.67. The van der Waals surface area contributed by atoms with Gasteiger partial charge in [0, 0.05) is 11.1 Å². The molecule has 2 heteroatoms. The molecule has 1 saturated carbocycles. The van der Waals surface area contributed by atoms with E-state index >= 15 is 0 Å². The fraction of sp³-hybridized carbons (Fsp3) is 0.412. The Morgan fingerprint density at radius 1 is 1.00 bits per heavy atom. The summed E-state index contributed by atoms with van der Waals surface area (Å²) in [6, 6.07) is 6.88. The SMILES string of the molecule is CC(=O)c1ccc(C(=O)/C=C/C2CCCCC2)cc1. The number of rotatable bonds is 4. The highest BCUT2D eigenvalue weighted by atomic mass is 16.1. The molecule has 0 aliphatic heterocycles. The molecule has 1 aliphatic carbocycles. The van der Waals surface area contributed by atoms with Crippen LogP contribution in [-0.2, 0) is 0 Å². The summed E-state index contributed by atoms with van der Waals surface area (Å²) in [6.07, 6.45) is 10.0. The first-order chi connectivity index (χ1) is 9.16. The van der Waals surface area contributed by atoms with E-state index in [0.717, 1.165) is 0 Å². The monoisotopic (exact) mass is 256 g/mol. The normalized spacial score (nSPS) is 16.7. The molecule has 0 N–H and O–H groups in total. The molecule has 0 unspecified atom stereocenters. The summed E-state index contributed by atoms with van der Waals surface area (Å²) in [6.45, 7) is 1.53. The summed E-state index contributed by atoms with van der Waals surface area (Å²) >= 11 is 0. The number of carbonyl (C=O) groups is 2. The quantitative estimate of drug-likeness (QED) is 0.597. The summed E-state index contributed by atoms with van der Waals surface area (Å²) in [5.74, 6) is 0.617. The van der Waals surface area contributed by atoms with Crippen LogP contribution >= 0.6 is 0 Å². The van der Waals surface area contributed by atoms with E-state index in [1.807, 2.05) is 0 Å². The van der Waals surface area contributed by atoms with Gasteiger partial charge in [-0.05, 0) is 31.8 Å². The Morgan fingerprint density at radius 3 is 2.16 bits per heavy atom. The van der Waals surface area contributed by atoms with Crippen molar-refractivity contribution in [1.82, 2.24) is 0 Å². The smallest absolute Gasteiger partial charge is 0.185 e. The molecule has 2 nitrogen and oxygen atoms in total. The molecule has 1 aliphatic rings. The highest BCUT2D eigenvalue weighted by Gasteiger charge is 2.11. The number of Topliss-reactive ketones (excluding diaryl/α,β-unsaturated/α-hetero) is 1. The molecule has 0 atom stereocenters. The van der Waals surface area contributed by atoms with Crippen LogP contribution in [-0.4, -0.2) is 11.6 Å². The van der Waals surface area contributed by atoms with E-state index in [4.69, 9.17) is 0 Å². The molecule has 0 heterocycles. The predicted molar refractivity (Wildman–Crippen MR) is 76.5 cm³/mol. The summed E-state index contributed by atoms with van der Waals surface area (Å²) in [4.78, 5) is 23.2. The first-order valence-electron chi connectivity index (χ1n) is 7.00. The van der Waals surface area contributed by atoms with Crippen molar-refractivity contribution in [3.63, 3.8) is 0 Å². The minimum atomic E-state index is 0.0248. The van der Waals surface area contributed by atoms with Gasteiger partial charge in [-0.25, -0.2) is 0 Å². The predicted octanol–water partition coefficient (Wildman–Crippen LogP) is 4.21. The van der Waals surface area contributed by atoms with Crippen molar-refractivity contribution in [3.8, 4) is 0 Å². The first-order valence-corrected chi connectivity index (χ1v) is 7.00. The van der Waals surface area contributed by atoms with Gasteiger partial charge in [0.05, 0.1) is 0 Å². The van der Waals surface area contributed by atoms with Crippen molar-refractivity contribution in [2.24, 2.45) is 5.92 Å².